The van der Waals surface area contributed by atoms with E-state index in [1.54, 1.807) is 6.92 Å². The van der Waals surface area contributed by atoms with E-state index in [2.05, 4.69) is 29.6 Å². The summed E-state index contributed by atoms with van der Waals surface area (Å²) in [5.41, 5.74) is 4.82. The molecule has 0 atom stereocenters. The van der Waals surface area contributed by atoms with Crippen molar-refractivity contribution in [2.45, 2.75) is 109 Å². The molecule has 2 saturated carbocycles. The number of aromatic nitrogens is 3. The van der Waals surface area contributed by atoms with Crippen LogP contribution in [0.3, 0.4) is 0 Å². The van der Waals surface area contributed by atoms with Crippen LogP contribution in [0.15, 0.2) is 11.4 Å². The summed E-state index contributed by atoms with van der Waals surface area (Å²) in [6, 6.07) is 0.710. The van der Waals surface area contributed by atoms with E-state index in [-0.39, 0.29) is 17.6 Å². The minimum Gasteiger partial charge on any atom is -0.450 e. The molecule has 0 saturated heterocycles. The quantitative estimate of drug-likeness (QED) is 0.449. The molecule has 2 aromatic rings. The van der Waals surface area contributed by atoms with Gasteiger partial charge >= 0.3 is 6.16 Å². The maximum atomic E-state index is 11.4. The number of anilines is 1. The molecule has 1 amide bonds. The molecule has 37 heavy (non-hydrogen) atoms. The zero-order chi connectivity index (χ0) is 26.6. The highest BCUT2D eigenvalue weighted by Crippen LogP contribution is 2.42. The number of fused-ring (bicyclic) bond motifs is 1. The molecule has 1 spiro atoms. The Bertz CT molecular complexity index is 1160. The summed E-state index contributed by atoms with van der Waals surface area (Å²) < 4.78 is 1.98. The zero-order valence-electron chi connectivity index (χ0n) is 21.9. The van der Waals surface area contributed by atoms with Crippen molar-refractivity contribution in [2.75, 3.05) is 5.32 Å². The summed E-state index contributed by atoms with van der Waals surface area (Å²) in [4.78, 5) is 30.9. The van der Waals surface area contributed by atoms with E-state index in [0.717, 1.165) is 72.3 Å². The van der Waals surface area contributed by atoms with Gasteiger partial charge in [-0.15, -0.1) is 0 Å². The Labute approximate surface area is 216 Å². The van der Waals surface area contributed by atoms with Gasteiger partial charge in [-0.25, -0.2) is 14.5 Å². The Balaban J connectivity index is 0.000000747. The monoisotopic (exact) mass is 514 g/mol. The van der Waals surface area contributed by atoms with Crippen LogP contribution in [0.5, 0.6) is 0 Å². The summed E-state index contributed by atoms with van der Waals surface area (Å²) >= 11 is 0. The van der Waals surface area contributed by atoms with Crippen molar-refractivity contribution in [3.8, 4) is 0 Å². The Morgan fingerprint density at radius 1 is 1.14 bits per heavy atom. The van der Waals surface area contributed by atoms with Gasteiger partial charge in [0.1, 0.15) is 5.60 Å². The molecule has 2 aliphatic carbocycles. The highest BCUT2D eigenvalue weighted by Gasteiger charge is 2.43. The molecule has 0 radical (unpaired) electrons. The van der Waals surface area contributed by atoms with Crippen LogP contribution in [-0.2, 0) is 16.2 Å². The fourth-order valence-corrected chi connectivity index (χ4v) is 5.87. The van der Waals surface area contributed by atoms with Crippen LogP contribution >= 0.6 is 0 Å². The minimum atomic E-state index is -1.83. The molecule has 2 fully saturated rings. The first-order chi connectivity index (χ1) is 17.7. The molecular formula is C26H38N6O5. The summed E-state index contributed by atoms with van der Waals surface area (Å²) in [5.74, 6) is 0.0426. The molecule has 0 bridgehead atoms. The first-order valence-corrected chi connectivity index (χ1v) is 13.3. The van der Waals surface area contributed by atoms with Crippen molar-refractivity contribution in [2.24, 2.45) is 5.16 Å². The molecule has 0 unspecified atom stereocenters. The van der Waals surface area contributed by atoms with E-state index < -0.39 is 6.16 Å². The topological polar surface area (TPSA) is 151 Å². The van der Waals surface area contributed by atoms with Gasteiger partial charge in [-0.05, 0) is 52.4 Å². The number of rotatable bonds is 5. The van der Waals surface area contributed by atoms with E-state index in [4.69, 9.17) is 29.9 Å². The minimum absolute atomic E-state index is 0.0426. The number of carbonyl (C=O) groups is 2. The smallest absolute Gasteiger partial charge is 0.450 e. The highest BCUT2D eigenvalue weighted by atomic mass is 16.7. The second-order valence-corrected chi connectivity index (χ2v) is 10.4. The van der Waals surface area contributed by atoms with Gasteiger partial charge in [-0.1, -0.05) is 24.4 Å². The van der Waals surface area contributed by atoms with Crippen LogP contribution in [-0.4, -0.2) is 60.4 Å². The lowest BCUT2D eigenvalue weighted by atomic mass is 9.78. The average Bonchev–Trinajstić information content (AvgIpc) is 3.42. The average molecular weight is 515 g/mol. The van der Waals surface area contributed by atoms with Crippen molar-refractivity contribution < 1.29 is 24.6 Å². The maximum absolute atomic E-state index is 11.4. The predicted molar refractivity (Wildman–Crippen MR) is 140 cm³/mol. The molecule has 11 nitrogen and oxygen atoms in total. The number of hydrogen-bond acceptors (Lipinski definition) is 7. The van der Waals surface area contributed by atoms with Gasteiger partial charge in [-0.2, -0.15) is 5.10 Å². The summed E-state index contributed by atoms with van der Waals surface area (Å²) in [6.45, 7) is 6.56. The molecule has 2 aromatic heterocycles. The number of nitrogens with zero attached hydrogens (tertiary/aromatic N) is 4. The van der Waals surface area contributed by atoms with Gasteiger partial charge in [0.15, 0.2) is 5.65 Å². The van der Waals surface area contributed by atoms with Gasteiger partial charge in [0.25, 0.3) is 0 Å². The number of hydrogen-bond donors (Lipinski definition) is 4. The SMILES string of the molecule is CCn1nc(C)c2c(NC3CCCCC3)c(C3=NOC4(CCC(NC(C)=O)CC4)C3)cnc21.O=C(O)O. The Kier molecular flexibility index (Phi) is 8.19. The van der Waals surface area contributed by atoms with Crippen LogP contribution in [0.2, 0.25) is 0 Å². The van der Waals surface area contributed by atoms with E-state index in [0.29, 0.717) is 6.04 Å². The predicted octanol–water partition coefficient (Wildman–Crippen LogP) is 4.67. The zero-order valence-corrected chi connectivity index (χ0v) is 21.9. The summed E-state index contributed by atoms with van der Waals surface area (Å²) in [7, 11) is 0. The highest BCUT2D eigenvalue weighted by molar-refractivity contribution is 6.11. The van der Waals surface area contributed by atoms with Crippen LogP contribution in [0.4, 0.5) is 10.5 Å². The molecule has 3 heterocycles. The maximum Gasteiger partial charge on any atom is 0.503 e. The Morgan fingerprint density at radius 3 is 2.43 bits per heavy atom. The molecule has 1 aliphatic heterocycles. The number of nitrogens with one attached hydrogen (secondary N) is 2. The van der Waals surface area contributed by atoms with Gasteiger partial charge in [0.05, 0.1) is 22.5 Å². The molecular weight excluding hydrogens is 476 g/mol. The van der Waals surface area contributed by atoms with Crippen LogP contribution in [0.1, 0.15) is 89.3 Å². The number of carboxylic acid groups (broad SMARTS) is 2. The molecule has 4 N–H and O–H groups in total. The first kappa shape index (κ1) is 26.7. The van der Waals surface area contributed by atoms with Gasteiger partial charge in [0.2, 0.25) is 5.91 Å². The lowest BCUT2D eigenvalue weighted by Crippen LogP contribution is -2.43. The summed E-state index contributed by atoms with van der Waals surface area (Å²) in [6.07, 6.45) is 10.8. The lowest BCUT2D eigenvalue weighted by molar-refractivity contribution is -0.120. The van der Waals surface area contributed by atoms with Crippen LogP contribution < -0.4 is 10.6 Å². The number of oxime groups is 1. The number of aryl methyl sites for hydroxylation is 2. The fourth-order valence-electron chi connectivity index (χ4n) is 5.87. The number of carbonyl (C=O) groups excluding carboxylic acids is 1. The third kappa shape index (κ3) is 6.14. The second-order valence-electron chi connectivity index (χ2n) is 10.4. The first-order valence-electron chi connectivity index (χ1n) is 13.3. The third-order valence-electron chi connectivity index (χ3n) is 7.64. The molecule has 5 rings (SSSR count). The largest absolute Gasteiger partial charge is 0.503 e. The van der Waals surface area contributed by atoms with E-state index in [9.17, 15) is 4.79 Å². The van der Waals surface area contributed by atoms with Crippen LogP contribution in [0, 0.1) is 6.92 Å². The van der Waals surface area contributed by atoms with Crippen molar-refractivity contribution in [3.63, 3.8) is 0 Å². The van der Waals surface area contributed by atoms with Gasteiger partial charge < -0.3 is 25.7 Å². The molecule has 3 aliphatic rings. The molecule has 202 valence electrons. The van der Waals surface area contributed by atoms with Crippen molar-refractivity contribution in [1.82, 2.24) is 20.1 Å². The normalized spacial score (nSPS) is 23.6. The van der Waals surface area contributed by atoms with Crippen molar-refractivity contribution >= 4 is 34.5 Å². The molecule has 0 aromatic carbocycles. The number of amides is 1. The van der Waals surface area contributed by atoms with Crippen molar-refractivity contribution in [3.05, 3.63) is 17.5 Å². The van der Waals surface area contributed by atoms with Gasteiger partial charge in [0, 0.05) is 43.7 Å². The lowest BCUT2D eigenvalue weighted by Gasteiger charge is -2.35. The molecule has 11 heteroatoms. The van der Waals surface area contributed by atoms with E-state index >= 15 is 0 Å². The van der Waals surface area contributed by atoms with E-state index in [1.165, 1.54) is 32.1 Å². The van der Waals surface area contributed by atoms with Crippen molar-refractivity contribution in [1.29, 1.82) is 0 Å². The number of pyridine rings is 1. The van der Waals surface area contributed by atoms with Gasteiger partial charge in [-0.3, -0.25) is 4.79 Å². The summed E-state index contributed by atoms with van der Waals surface area (Å²) in [5, 5.41) is 31.4. The van der Waals surface area contributed by atoms with Crippen LogP contribution in [0.25, 0.3) is 11.0 Å². The third-order valence-corrected chi connectivity index (χ3v) is 7.64. The Morgan fingerprint density at radius 2 is 1.81 bits per heavy atom. The Hall–Kier alpha value is -3.37. The second kappa shape index (κ2) is 11.4. The fraction of sp³-hybridized carbons (Fsp3) is 0.654. The van der Waals surface area contributed by atoms with E-state index in [1.807, 2.05) is 10.9 Å². The standard InChI is InChI=1S/C25H36N6O2.CH2O3/c1-4-31-24-22(16(2)29-31)23(28-18-8-6-5-7-9-18)20(15-26-24)21-14-25(33-30-21)12-10-19(11-13-25)27-17(3)32;2-1(3)4/h15,18-19H,4-14H2,1-3H3,(H,26,28)(H,27,32);(H2,2,3,4).